The van der Waals surface area contributed by atoms with E-state index in [1.165, 1.54) is 12.3 Å². The van der Waals surface area contributed by atoms with Gasteiger partial charge in [-0.05, 0) is 26.0 Å². The summed E-state index contributed by atoms with van der Waals surface area (Å²) < 4.78 is 4.86. The van der Waals surface area contributed by atoms with Gasteiger partial charge >= 0.3 is 0 Å². The molecule has 0 aliphatic rings. The molecular formula is C11H16N2O4. The van der Waals surface area contributed by atoms with Gasteiger partial charge in [0.1, 0.15) is 0 Å². The van der Waals surface area contributed by atoms with Crippen LogP contribution in [0.5, 0.6) is 0 Å². The monoisotopic (exact) mass is 240 g/mol. The van der Waals surface area contributed by atoms with E-state index >= 15 is 0 Å². The molecule has 3 N–H and O–H groups in total. The van der Waals surface area contributed by atoms with Gasteiger partial charge in [0.15, 0.2) is 5.76 Å². The van der Waals surface area contributed by atoms with Gasteiger partial charge in [-0.1, -0.05) is 0 Å². The van der Waals surface area contributed by atoms with Crippen LogP contribution in [-0.2, 0) is 4.79 Å². The first-order valence-electron chi connectivity index (χ1n) is 5.19. The molecule has 1 aromatic rings. The summed E-state index contributed by atoms with van der Waals surface area (Å²) in [6.45, 7) is 3.13. The molecule has 0 radical (unpaired) electrons. The summed E-state index contributed by atoms with van der Waals surface area (Å²) in [5.74, 6) is -0.666. The molecule has 0 unspecified atom stereocenters. The minimum atomic E-state index is -0.972. The smallest absolute Gasteiger partial charge is 0.287 e. The molecule has 0 aromatic carbocycles. The lowest BCUT2D eigenvalue weighted by molar-refractivity contribution is -0.121. The van der Waals surface area contributed by atoms with Gasteiger partial charge in [-0.25, -0.2) is 0 Å². The number of aliphatic hydroxyl groups is 1. The highest BCUT2D eigenvalue weighted by molar-refractivity contribution is 5.94. The molecule has 17 heavy (non-hydrogen) atoms. The van der Waals surface area contributed by atoms with Crippen LogP contribution in [0.2, 0.25) is 0 Å². The van der Waals surface area contributed by atoms with E-state index in [2.05, 4.69) is 10.6 Å². The van der Waals surface area contributed by atoms with Gasteiger partial charge in [0.2, 0.25) is 5.91 Å². The van der Waals surface area contributed by atoms with Crippen LogP contribution in [0.4, 0.5) is 0 Å². The Hall–Kier alpha value is -1.82. The Morgan fingerprint density at radius 2 is 2.12 bits per heavy atom. The van der Waals surface area contributed by atoms with Crippen LogP contribution in [-0.4, -0.2) is 35.6 Å². The number of hydrogen-bond donors (Lipinski definition) is 3. The van der Waals surface area contributed by atoms with Crippen LogP contribution in [0.3, 0.4) is 0 Å². The van der Waals surface area contributed by atoms with Crippen molar-refractivity contribution in [3.63, 3.8) is 0 Å². The minimum absolute atomic E-state index is 0.127. The molecule has 0 aliphatic carbocycles. The van der Waals surface area contributed by atoms with Crippen LogP contribution < -0.4 is 10.6 Å². The molecule has 0 fully saturated rings. The number of furan rings is 1. The molecule has 1 heterocycles. The predicted molar refractivity (Wildman–Crippen MR) is 60.3 cm³/mol. The summed E-state index contributed by atoms with van der Waals surface area (Å²) in [5, 5.41) is 14.3. The number of carbonyl (C=O) groups excluding carboxylic acids is 2. The lowest BCUT2D eigenvalue weighted by Crippen LogP contribution is -2.43. The van der Waals surface area contributed by atoms with Crippen LogP contribution in [0.25, 0.3) is 0 Å². The van der Waals surface area contributed by atoms with Crippen molar-refractivity contribution in [2.24, 2.45) is 0 Å². The second kappa shape index (κ2) is 5.49. The maximum Gasteiger partial charge on any atom is 0.287 e. The molecule has 0 spiro atoms. The molecule has 0 atom stereocenters. The van der Waals surface area contributed by atoms with E-state index in [0.717, 1.165) is 0 Å². The van der Waals surface area contributed by atoms with Gasteiger partial charge in [0.05, 0.1) is 18.4 Å². The topological polar surface area (TPSA) is 91.6 Å². The summed E-state index contributed by atoms with van der Waals surface area (Å²) >= 11 is 0. The van der Waals surface area contributed by atoms with Crippen molar-refractivity contribution in [1.29, 1.82) is 0 Å². The number of hydrogen-bond acceptors (Lipinski definition) is 4. The van der Waals surface area contributed by atoms with Crippen molar-refractivity contribution in [1.82, 2.24) is 10.6 Å². The molecule has 0 saturated heterocycles. The van der Waals surface area contributed by atoms with Crippen molar-refractivity contribution in [3.8, 4) is 0 Å². The zero-order valence-corrected chi connectivity index (χ0v) is 9.82. The summed E-state index contributed by atoms with van der Waals surface area (Å²) in [7, 11) is 0. The number of nitrogens with one attached hydrogen (secondary N) is 2. The Balaban J connectivity index is 2.27. The molecule has 0 bridgehead atoms. The second-order valence-electron chi connectivity index (χ2n) is 4.25. The van der Waals surface area contributed by atoms with E-state index in [1.807, 2.05) is 0 Å². The Labute approximate surface area is 99.0 Å². The SMILES string of the molecule is CC(C)(O)CNC(=O)CNC(=O)c1ccco1. The molecule has 0 saturated carbocycles. The van der Waals surface area contributed by atoms with E-state index in [-0.39, 0.29) is 24.8 Å². The van der Waals surface area contributed by atoms with Crippen LogP contribution in [0.15, 0.2) is 22.8 Å². The van der Waals surface area contributed by atoms with Gasteiger partial charge in [-0.2, -0.15) is 0 Å². The maximum absolute atomic E-state index is 11.4. The van der Waals surface area contributed by atoms with Crippen molar-refractivity contribution >= 4 is 11.8 Å². The average molecular weight is 240 g/mol. The maximum atomic E-state index is 11.4. The normalized spacial score (nSPS) is 11.0. The first-order valence-corrected chi connectivity index (χ1v) is 5.19. The van der Waals surface area contributed by atoms with Crippen LogP contribution in [0, 0.1) is 0 Å². The fourth-order valence-electron chi connectivity index (χ4n) is 1.03. The third kappa shape index (κ3) is 5.17. The average Bonchev–Trinajstić information content (AvgIpc) is 2.75. The predicted octanol–water partition coefficient (Wildman–Crippen LogP) is -0.103. The fourth-order valence-corrected chi connectivity index (χ4v) is 1.03. The number of amides is 2. The van der Waals surface area contributed by atoms with Crippen molar-refractivity contribution in [2.75, 3.05) is 13.1 Å². The number of carbonyl (C=O) groups is 2. The Kier molecular flexibility index (Phi) is 4.28. The minimum Gasteiger partial charge on any atom is -0.459 e. The largest absolute Gasteiger partial charge is 0.459 e. The third-order valence-electron chi connectivity index (χ3n) is 1.87. The summed E-state index contributed by atoms with van der Waals surface area (Å²) in [6.07, 6.45) is 1.38. The Morgan fingerprint density at radius 3 is 2.65 bits per heavy atom. The first-order chi connectivity index (χ1) is 7.88. The molecule has 6 nitrogen and oxygen atoms in total. The summed E-state index contributed by atoms with van der Waals surface area (Å²) in [5.41, 5.74) is -0.972. The Morgan fingerprint density at radius 1 is 1.41 bits per heavy atom. The van der Waals surface area contributed by atoms with Gasteiger partial charge < -0.3 is 20.2 Å². The van der Waals surface area contributed by atoms with Crippen molar-refractivity contribution in [2.45, 2.75) is 19.4 Å². The van der Waals surface area contributed by atoms with E-state index in [9.17, 15) is 14.7 Å². The van der Waals surface area contributed by atoms with E-state index in [0.29, 0.717) is 0 Å². The zero-order valence-electron chi connectivity index (χ0n) is 9.82. The quantitative estimate of drug-likeness (QED) is 0.670. The van der Waals surface area contributed by atoms with Crippen LogP contribution in [0.1, 0.15) is 24.4 Å². The highest BCUT2D eigenvalue weighted by atomic mass is 16.3. The standard InChI is InChI=1S/C11H16N2O4/c1-11(2,16)7-13-9(14)6-12-10(15)8-4-3-5-17-8/h3-5,16H,6-7H2,1-2H3,(H,12,15)(H,13,14). The molecule has 1 rings (SSSR count). The van der Waals surface area contributed by atoms with Gasteiger partial charge in [-0.15, -0.1) is 0 Å². The molecule has 94 valence electrons. The third-order valence-corrected chi connectivity index (χ3v) is 1.87. The van der Waals surface area contributed by atoms with Gasteiger partial charge in [0.25, 0.3) is 5.91 Å². The second-order valence-corrected chi connectivity index (χ2v) is 4.25. The molecular weight excluding hydrogens is 224 g/mol. The van der Waals surface area contributed by atoms with Gasteiger partial charge in [-0.3, -0.25) is 9.59 Å². The van der Waals surface area contributed by atoms with E-state index < -0.39 is 11.5 Å². The molecule has 1 aromatic heterocycles. The Bertz CT molecular complexity index is 379. The van der Waals surface area contributed by atoms with Crippen LogP contribution >= 0.6 is 0 Å². The zero-order chi connectivity index (χ0) is 12.9. The highest BCUT2D eigenvalue weighted by Gasteiger charge is 2.14. The van der Waals surface area contributed by atoms with E-state index in [1.54, 1.807) is 19.9 Å². The highest BCUT2D eigenvalue weighted by Crippen LogP contribution is 1.99. The lowest BCUT2D eigenvalue weighted by atomic mass is 10.1. The summed E-state index contributed by atoms with van der Waals surface area (Å²) in [4.78, 5) is 22.7. The van der Waals surface area contributed by atoms with Crippen molar-refractivity contribution < 1.29 is 19.1 Å². The molecule has 0 aliphatic heterocycles. The van der Waals surface area contributed by atoms with Crippen molar-refractivity contribution in [3.05, 3.63) is 24.2 Å². The first kappa shape index (κ1) is 13.2. The molecule has 6 heteroatoms. The molecule has 2 amide bonds. The lowest BCUT2D eigenvalue weighted by Gasteiger charge is -2.17. The summed E-state index contributed by atoms with van der Waals surface area (Å²) in [6, 6.07) is 3.09. The fraction of sp³-hybridized carbons (Fsp3) is 0.455. The number of rotatable bonds is 5. The van der Waals surface area contributed by atoms with E-state index in [4.69, 9.17) is 4.42 Å². The van der Waals surface area contributed by atoms with Gasteiger partial charge in [0, 0.05) is 6.54 Å².